The molecule has 0 aliphatic heterocycles. The van der Waals surface area contributed by atoms with Gasteiger partial charge in [-0.05, 0) is 28.3 Å². The lowest BCUT2D eigenvalue weighted by Gasteiger charge is -2.14. The molecule has 1 heterocycles. The van der Waals surface area contributed by atoms with Crippen molar-refractivity contribution in [1.82, 2.24) is 9.97 Å². The van der Waals surface area contributed by atoms with Crippen LogP contribution in [0.4, 0.5) is 5.95 Å². The first kappa shape index (κ1) is 12.1. The molecule has 0 aliphatic carbocycles. The Morgan fingerprint density at radius 3 is 2.36 bits per heavy atom. The molecule has 4 heteroatoms. The summed E-state index contributed by atoms with van der Waals surface area (Å²) >= 11 is 3.65. The lowest BCUT2D eigenvalue weighted by atomic mass is 9.93. The predicted octanol–water partition coefficient (Wildman–Crippen LogP) is 4.87. The van der Waals surface area contributed by atoms with Gasteiger partial charge in [0.1, 0.15) is 0 Å². The van der Waals surface area contributed by atoms with Gasteiger partial charge in [0.15, 0.2) is 0 Å². The molecule has 0 radical (unpaired) electrons. The number of nitrogens with zero attached hydrogens (tertiary/aromatic N) is 2. The van der Waals surface area contributed by atoms with Crippen LogP contribution < -0.4 is 5.73 Å². The van der Waals surface area contributed by atoms with E-state index in [9.17, 15) is 0 Å². The van der Waals surface area contributed by atoms with E-state index in [1.807, 2.05) is 12.1 Å². The van der Waals surface area contributed by atoms with E-state index in [2.05, 4.69) is 62.3 Å². The maximum atomic E-state index is 5.92. The summed E-state index contributed by atoms with van der Waals surface area (Å²) in [4.78, 5) is 8.95. The van der Waals surface area contributed by atoms with E-state index in [-0.39, 0.29) is 0 Å². The van der Waals surface area contributed by atoms with E-state index in [1.165, 1.54) is 21.5 Å². The third-order valence-corrected chi connectivity index (χ3v) is 4.97. The predicted molar refractivity (Wildman–Crippen MR) is 95.4 cm³/mol. The standard InChI is InChI=1S/C18H10BrN3/c19-13-7-5-10-9-3-1-2-4-11(9)17-16-14(21-18(20)22-17)8-6-12(13)15(10)16/h1-8H,(H2,20,21,22). The number of aromatic nitrogens is 2. The van der Waals surface area contributed by atoms with Crippen molar-refractivity contribution in [3.63, 3.8) is 0 Å². The van der Waals surface area contributed by atoms with Crippen LogP contribution in [0.1, 0.15) is 0 Å². The topological polar surface area (TPSA) is 51.8 Å². The van der Waals surface area contributed by atoms with Gasteiger partial charge in [-0.2, -0.15) is 0 Å². The van der Waals surface area contributed by atoms with Crippen LogP contribution in [0.25, 0.3) is 43.4 Å². The maximum absolute atomic E-state index is 5.92. The van der Waals surface area contributed by atoms with Gasteiger partial charge in [-0.15, -0.1) is 0 Å². The van der Waals surface area contributed by atoms with Gasteiger partial charge in [-0.1, -0.05) is 52.3 Å². The molecule has 0 aliphatic rings. The SMILES string of the molecule is Nc1nc2ccc3c(Br)ccc4c5ccccc5c(n1)c2c34. The molecule has 3 nitrogen and oxygen atoms in total. The second-order valence-electron chi connectivity index (χ2n) is 5.45. The summed E-state index contributed by atoms with van der Waals surface area (Å²) in [5, 5.41) is 6.98. The summed E-state index contributed by atoms with van der Waals surface area (Å²) in [5.41, 5.74) is 7.74. The lowest BCUT2D eigenvalue weighted by molar-refractivity contribution is 1.28. The molecule has 5 aromatic rings. The van der Waals surface area contributed by atoms with Gasteiger partial charge in [0.25, 0.3) is 0 Å². The Morgan fingerprint density at radius 2 is 1.50 bits per heavy atom. The summed E-state index contributed by atoms with van der Waals surface area (Å²) in [6, 6.07) is 16.7. The van der Waals surface area contributed by atoms with E-state index in [4.69, 9.17) is 5.73 Å². The Bertz CT molecular complexity index is 1200. The van der Waals surface area contributed by atoms with E-state index >= 15 is 0 Å². The average Bonchev–Trinajstić information content (AvgIpc) is 2.54. The Kier molecular flexibility index (Phi) is 2.23. The number of rotatable bonds is 0. The molecule has 4 aromatic carbocycles. The minimum Gasteiger partial charge on any atom is -0.368 e. The number of hydrogen-bond acceptors (Lipinski definition) is 3. The molecule has 0 spiro atoms. The number of hydrogen-bond donors (Lipinski definition) is 1. The summed E-state index contributed by atoms with van der Waals surface area (Å²) < 4.78 is 1.08. The van der Waals surface area contributed by atoms with Crippen molar-refractivity contribution < 1.29 is 0 Å². The van der Waals surface area contributed by atoms with Gasteiger partial charge in [0.05, 0.1) is 11.0 Å². The van der Waals surface area contributed by atoms with Crippen molar-refractivity contribution in [1.29, 1.82) is 0 Å². The van der Waals surface area contributed by atoms with E-state index in [0.29, 0.717) is 5.95 Å². The molecule has 0 amide bonds. The summed E-state index contributed by atoms with van der Waals surface area (Å²) in [5.74, 6) is 0.315. The maximum Gasteiger partial charge on any atom is 0.221 e. The minimum absolute atomic E-state index is 0.315. The number of halogens is 1. The van der Waals surface area contributed by atoms with Crippen molar-refractivity contribution in [3.8, 4) is 0 Å². The Balaban J connectivity index is 2.29. The molecule has 5 rings (SSSR count). The van der Waals surface area contributed by atoms with Crippen LogP contribution >= 0.6 is 15.9 Å². The van der Waals surface area contributed by atoms with E-state index in [0.717, 1.165) is 26.3 Å². The number of anilines is 1. The van der Waals surface area contributed by atoms with Crippen LogP contribution in [0.2, 0.25) is 0 Å². The van der Waals surface area contributed by atoms with Gasteiger partial charge >= 0.3 is 0 Å². The first-order valence-electron chi connectivity index (χ1n) is 7.02. The second kappa shape index (κ2) is 4.05. The monoisotopic (exact) mass is 347 g/mol. The molecule has 1 aromatic heterocycles. The van der Waals surface area contributed by atoms with Crippen molar-refractivity contribution in [3.05, 3.63) is 53.0 Å². The normalized spacial score (nSPS) is 12.0. The fraction of sp³-hybridized carbons (Fsp3) is 0. The number of fused-ring (bicyclic) bond motifs is 3. The molecule has 0 unspecified atom stereocenters. The van der Waals surface area contributed by atoms with Crippen LogP contribution in [0.3, 0.4) is 0 Å². The Hall–Kier alpha value is -2.46. The van der Waals surface area contributed by atoms with Crippen LogP contribution in [-0.2, 0) is 0 Å². The highest BCUT2D eigenvalue weighted by atomic mass is 79.9. The van der Waals surface area contributed by atoms with Crippen LogP contribution in [0.15, 0.2) is 53.0 Å². The first-order valence-corrected chi connectivity index (χ1v) is 7.81. The molecule has 104 valence electrons. The highest BCUT2D eigenvalue weighted by Gasteiger charge is 2.16. The van der Waals surface area contributed by atoms with Gasteiger partial charge in [-0.25, -0.2) is 9.97 Å². The molecule has 0 saturated carbocycles. The molecular formula is C18H10BrN3. The minimum atomic E-state index is 0.315. The van der Waals surface area contributed by atoms with Crippen molar-refractivity contribution >= 4 is 65.2 Å². The van der Waals surface area contributed by atoms with Crippen LogP contribution in [0, 0.1) is 0 Å². The highest BCUT2D eigenvalue weighted by molar-refractivity contribution is 9.10. The zero-order chi connectivity index (χ0) is 14.8. The fourth-order valence-corrected chi connectivity index (χ4v) is 3.86. The van der Waals surface area contributed by atoms with Crippen molar-refractivity contribution in [2.24, 2.45) is 0 Å². The Labute approximate surface area is 134 Å². The summed E-state index contributed by atoms with van der Waals surface area (Å²) in [6.07, 6.45) is 0. The van der Waals surface area contributed by atoms with Crippen LogP contribution in [0.5, 0.6) is 0 Å². The summed E-state index contributed by atoms with van der Waals surface area (Å²) in [7, 11) is 0. The summed E-state index contributed by atoms with van der Waals surface area (Å²) in [6.45, 7) is 0. The van der Waals surface area contributed by atoms with Gasteiger partial charge in [0.2, 0.25) is 5.95 Å². The molecule has 2 N–H and O–H groups in total. The number of benzene rings is 4. The first-order chi connectivity index (χ1) is 10.7. The van der Waals surface area contributed by atoms with Crippen molar-refractivity contribution in [2.75, 3.05) is 5.73 Å². The second-order valence-corrected chi connectivity index (χ2v) is 6.31. The number of nitrogens with two attached hydrogens (primary N) is 1. The lowest BCUT2D eigenvalue weighted by Crippen LogP contribution is -1.98. The van der Waals surface area contributed by atoms with Crippen LogP contribution in [-0.4, -0.2) is 9.97 Å². The smallest absolute Gasteiger partial charge is 0.221 e. The largest absolute Gasteiger partial charge is 0.368 e. The van der Waals surface area contributed by atoms with Gasteiger partial charge in [0, 0.05) is 20.6 Å². The van der Waals surface area contributed by atoms with Crippen molar-refractivity contribution in [2.45, 2.75) is 0 Å². The van der Waals surface area contributed by atoms with Gasteiger partial charge in [-0.3, -0.25) is 0 Å². The zero-order valence-corrected chi connectivity index (χ0v) is 13.1. The Morgan fingerprint density at radius 1 is 0.727 bits per heavy atom. The average molecular weight is 348 g/mol. The third-order valence-electron chi connectivity index (χ3n) is 4.28. The molecule has 0 fully saturated rings. The van der Waals surface area contributed by atoms with E-state index in [1.54, 1.807) is 0 Å². The molecule has 0 bridgehead atoms. The van der Waals surface area contributed by atoms with E-state index < -0.39 is 0 Å². The van der Waals surface area contributed by atoms with Gasteiger partial charge < -0.3 is 5.73 Å². The fourth-order valence-electron chi connectivity index (χ4n) is 3.40. The quantitative estimate of drug-likeness (QED) is 0.321. The highest BCUT2D eigenvalue weighted by Crippen LogP contribution is 2.41. The molecule has 22 heavy (non-hydrogen) atoms. The molecule has 0 saturated heterocycles. The number of nitrogen functional groups attached to an aromatic ring is 1. The zero-order valence-electron chi connectivity index (χ0n) is 11.5. The molecular weight excluding hydrogens is 338 g/mol. The molecule has 0 atom stereocenters. The third kappa shape index (κ3) is 1.40.